The normalized spacial score (nSPS) is 14.2. The molecule has 3 N–H and O–H groups in total. The number of hydrogen-bond acceptors (Lipinski definition) is 4. The van der Waals surface area contributed by atoms with Crippen molar-refractivity contribution in [1.82, 2.24) is 10.3 Å². The third kappa shape index (κ3) is 5.82. The van der Waals surface area contributed by atoms with Crippen LogP contribution in [0.3, 0.4) is 0 Å². The van der Waals surface area contributed by atoms with Crippen molar-refractivity contribution in [2.24, 2.45) is 5.92 Å². The first-order valence-corrected chi connectivity index (χ1v) is 12.6. The van der Waals surface area contributed by atoms with E-state index in [0.717, 1.165) is 50.3 Å². The van der Waals surface area contributed by atoms with Crippen LogP contribution in [-0.4, -0.2) is 16.0 Å². The first-order chi connectivity index (χ1) is 18.0. The molecule has 0 unspecified atom stereocenters. The number of nitrogens with zero attached hydrogens (tertiary/aromatic N) is 1. The van der Waals surface area contributed by atoms with Crippen LogP contribution in [0.5, 0.6) is 5.75 Å². The molecule has 38 heavy (non-hydrogen) atoms. The van der Waals surface area contributed by atoms with E-state index in [4.69, 9.17) is 23.2 Å². The summed E-state index contributed by atoms with van der Waals surface area (Å²) in [5, 5.41) is 23.5. The van der Waals surface area contributed by atoms with E-state index >= 15 is 0 Å². The van der Waals surface area contributed by atoms with Crippen LogP contribution < -0.4 is 10.9 Å². The van der Waals surface area contributed by atoms with Gasteiger partial charge in [0.2, 0.25) is 5.91 Å². The zero-order valence-electron chi connectivity index (χ0n) is 19.9. The van der Waals surface area contributed by atoms with Gasteiger partial charge in [0.1, 0.15) is 17.4 Å². The van der Waals surface area contributed by atoms with E-state index in [9.17, 15) is 33.1 Å². The molecule has 0 bridgehead atoms. The number of alkyl halides is 3. The lowest BCUT2D eigenvalue weighted by atomic mass is 9.88. The summed E-state index contributed by atoms with van der Waals surface area (Å²) in [6, 6.07) is 8.38. The van der Waals surface area contributed by atoms with Crippen molar-refractivity contribution in [3.05, 3.63) is 73.5 Å². The van der Waals surface area contributed by atoms with Crippen molar-refractivity contribution in [2.75, 3.05) is 0 Å². The molecule has 0 radical (unpaired) electrons. The molecule has 198 valence electrons. The number of aromatic nitrogens is 1. The number of rotatable bonds is 5. The number of nitriles is 1. The maximum atomic E-state index is 13.4. The van der Waals surface area contributed by atoms with E-state index in [1.54, 1.807) is 6.07 Å². The van der Waals surface area contributed by atoms with Gasteiger partial charge in [0.05, 0.1) is 11.3 Å². The first-order valence-electron chi connectivity index (χ1n) is 11.8. The van der Waals surface area contributed by atoms with Crippen LogP contribution in [0.15, 0.2) is 41.2 Å². The van der Waals surface area contributed by atoms with Gasteiger partial charge >= 0.3 is 6.18 Å². The molecule has 6 nitrogen and oxygen atoms in total. The molecule has 0 spiro atoms. The summed E-state index contributed by atoms with van der Waals surface area (Å²) in [5.41, 5.74) is -2.33. The van der Waals surface area contributed by atoms with Gasteiger partial charge in [0.25, 0.3) is 5.56 Å². The minimum absolute atomic E-state index is 0.00247. The van der Waals surface area contributed by atoms with Crippen LogP contribution in [0.4, 0.5) is 13.2 Å². The van der Waals surface area contributed by atoms with Crippen molar-refractivity contribution in [1.29, 1.82) is 5.26 Å². The Labute approximate surface area is 226 Å². The van der Waals surface area contributed by atoms with Gasteiger partial charge < -0.3 is 15.4 Å². The van der Waals surface area contributed by atoms with Gasteiger partial charge in [-0.15, -0.1) is 0 Å². The lowest BCUT2D eigenvalue weighted by Gasteiger charge is -2.21. The van der Waals surface area contributed by atoms with Crippen LogP contribution in [0, 0.1) is 17.2 Å². The van der Waals surface area contributed by atoms with Crippen LogP contribution in [0.25, 0.3) is 22.4 Å². The molecule has 4 rings (SSSR count). The van der Waals surface area contributed by atoms with Gasteiger partial charge in [-0.05, 0) is 49.2 Å². The van der Waals surface area contributed by atoms with E-state index < -0.39 is 22.9 Å². The van der Waals surface area contributed by atoms with E-state index in [1.807, 2.05) is 0 Å². The van der Waals surface area contributed by atoms with Gasteiger partial charge in [0, 0.05) is 44.8 Å². The molecule has 2 aromatic carbocycles. The van der Waals surface area contributed by atoms with Crippen molar-refractivity contribution in [3.63, 3.8) is 0 Å². The maximum Gasteiger partial charge on any atom is 0.416 e. The Bertz CT molecular complexity index is 1490. The minimum atomic E-state index is -4.68. The summed E-state index contributed by atoms with van der Waals surface area (Å²) in [4.78, 5) is 27.8. The summed E-state index contributed by atoms with van der Waals surface area (Å²) in [7, 11) is 0. The second-order valence-corrected chi connectivity index (χ2v) is 9.96. The van der Waals surface area contributed by atoms with Crippen molar-refractivity contribution >= 4 is 29.1 Å². The highest BCUT2D eigenvalue weighted by atomic mass is 35.5. The highest BCUT2D eigenvalue weighted by Gasteiger charge is 2.31. The lowest BCUT2D eigenvalue weighted by molar-refractivity contribution is -0.137. The number of carbonyl (C=O) groups excluding carboxylic acids is 1. The van der Waals surface area contributed by atoms with E-state index in [0.29, 0.717) is 0 Å². The predicted octanol–water partition coefficient (Wildman–Crippen LogP) is 6.81. The monoisotopic (exact) mass is 563 g/mol. The predicted molar refractivity (Wildman–Crippen MR) is 138 cm³/mol. The van der Waals surface area contributed by atoms with E-state index in [-0.39, 0.29) is 62.1 Å². The summed E-state index contributed by atoms with van der Waals surface area (Å²) in [6.45, 7) is -0.0262. The topological polar surface area (TPSA) is 106 Å². The number of hydrogen-bond donors (Lipinski definition) is 3. The van der Waals surface area contributed by atoms with Gasteiger partial charge in [-0.3, -0.25) is 9.59 Å². The van der Waals surface area contributed by atoms with Crippen LogP contribution in [0.2, 0.25) is 10.0 Å². The highest BCUT2D eigenvalue weighted by molar-refractivity contribution is 6.33. The molecule has 1 aliphatic rings. The molecule has 1 amide bonds. The van der Waals surface area contributed by atoms with Crippen molar-refractivity contribution in [3.8, 4) is 34.2 Å². The second kappa shape index (κ2) is 11.1. The molecule has 1 aromatic heterocycles. The Kier molecular flexibility index (Phi) is 8.05. The van der Waals surface area contributed by atoms with E-state index in [1.165, 1.54) is 18.2 Å². The lowest BCUT2D eigenvalue weighted by Crippen LogP contribution is -2.31. The molecular weight excluding hydrogens is 542 g/mol. The summed E-state index contributed by atoms with van der Waals surface area (Å²) in [6.07, 6.45) is -0.0289. The number of carbonyl (C=O) groups is 1. The molecule has 0 atom stereocenters. The summed E-state index contributed by atoms with van der Waals surface area (Å²) >= 11 is 12.5. The fourth-order valence-corrected chi connectivity index (χ4v) is 5.08. The third-order valence-corrected chi connectivity index (χ3v) is 7.15. The smallest absolute Gasteiger partial charge is 0.416 e. The summed E-state index contributed by atoms with van der Waals surface area (Å²) < 4.78 is 40.1. The number of halogens is 5. The number of aromatic hydroxyl groups is 1. The zero-order valence-corrected chi connectivity index (χ0v) is 21.4. The maximum absolute atomic E-state index is 13.4. The average Bonchev–Trinajstić information content (AvgIpc) is 2.88. The highest BCUT2D eigenvalue weighted by Crippen LogP contribution is 2.39. The summed E-state index contributed by atoms with van der Waals surface area (Å²) in [5.74, 6) is -0.516. The number of phenolic OH excluding ortho intramolecular Hbond substituents is 1. The number of aromatic amines is 1. The Morgan fingerprint density at radius 1 is 1.08 bits per heavy atom. The van der Waals surface area contributed by atoms with Gasteiger partial charge in [0.15, 0.2) is 0 Å². The quantitative estimate of drug-likeness (QED) is 0.317. The Morgan fingerprint density at radius 3 is 2.45 bits per heavy atom. The van der Waals surface area contributed by atoms with Gasteiger partial charge in [-0.1, -0.05) is 42.5 Å². The third-order valence-electron chi connectivity index (χ3n) is 6.60. The Hall–Kier alpha value is -3.48. The molecule has 1 aliphatic carbocycles. The number of benzene rings is 2. The number of H-pyrrole nitrogens is 1. The van der Waals surface area contributed by atoms with Gasteiger partial charge in [-0.25, -0.2) is 0 Å². The molecule has 3 aromatic rings. The molecule has 1 saturated carbocycles. The minimum Gasteiger partial charge on any atom is -0.507 e. The van der Waals surface area contributed by atoms with Crippen LogP contribution >= 0.6 is 23.2 Å². The molecule has 11 heteroatoms. The Morgan fingerprint density at radius 2 is 1.79 bits per heavy atom. The molecule has 1 heterocycles. The van der Waals surface area contributed by atoms with Crippen molar-refractivity contribution in [2.45, 2.75) is 44.8 Å². The zero-order chi connectivity index (χ0) is 27.6. The number of amides is 1. The van der Waals surface area contributed by atoms with Gasteiger partial charge in [-0.2, -0.15) is 18.4 Å². The van der Waals surface area contributed by atoms with Crippen molar-refractivity contribution < 1.29 is 23.1 Å². The Balaban J connectivity index is 1.76. The molecular formula is C27H22Cl2F3N3O3. The average molecular weight is 564 g/mol. The number of nitrogens with one attached hydrogen (secondary N) is 2. The molecule has 0 saturated heterocycles. The second-order valence-electron chi connectivity index (χ2n) is 9.12. The number of phenols is 1. The molecule has 1 fully saturated rings. The van der Waals surface area contributed by atoms with E-state index in [2.05, 4.69) is 10.3 Å². The SMILES string of the molecule is N#Cc1c(-c2cc(C(F)(F)F)ccc2Cl)cc(-c2cc(Cl)cc(CNC(=O)C3CCCCC3)c2O)[nH]c1=O. The standard InChI is InChI=1S/C27H22Cl2F3N3O3/c28-17-8-15(13-34-25(37)14-4-2-1-3-5-14)24(36)20(10-17)23-11-18(21(12-33)26(38)35-23)19-9-16(27(30,31)32)6-7-22(19)29/h6-11,14,36H,1-5,13H2,(H,34,37)(H,35,38). The van der Waals surface area contributed by atoms with Crippen LogP contribution in [-0.2, 0) is 17.5 Å². The largest absolute Gasteiger partial charge is 0.507 e. The molecule has 0 aliphatic heterocycles. The fourth-order valence-electron chi connectivity index (χ4n) is 4.62. The van der Waals surface area contributed by atoms with Crippen LogP contribution in [0.1, 0.15) is 48.8 Å². The first kappa shape index (κ1) is 27.6. The fraction of sp³-hybridized carbons (Fsp3) is 0.296. The number of pyridine rings is 1.